The quantitative estimate of drug-likeness (QED) is 0.476. The number of nitrogens with one attached hydrogen (secondary N) is 2. The first-order valence-corrected chi connectivity index (χ1v) is 6.19. The number of hydrogen-bond donors (Lipinski definition) is 3. The molecule has 0 unspecified atom stereocenters. The predicted molar refractivity (Wildman–Crippen MR) is 67.3 cm³/mol. The highest BCUT2D eigenvalue weighted by molar-refractivity contribution is 5.78. The summed E-state index contributed by atoms with van der Waals surface area (Å²) in [5.74, 6) is 2.97. The molecule has 1 aliphatic rings. The fourth-order valence-corrected chi connectivity index (χ4v) is 2.05. The van der Waals surface area contributed by atoms with Crippen molar-refractivity contribution >= 4 is 5.91 Å². The third-order valence-electron chi connectivity index (χ3n) is 3.33. The van der Waals surface area contributed by atoms with Crippen molar-refractivity contribution in [1.82, 2.24) is 10.6 Å². The normalized spacial score (nSPS) is 28.4. The van der Waals surface area contributed by atoms with E-state index in [9.17, 15) is 9.90 Å². The van der Waals surface area contributed by atoms with Crippen LogP contribution in [0.2, 0.25) is 0 Å². The zero-order valence-corrected chi connectivity index (χ0v) is 10.5. The molecule has 0 spiro atoms. The molecular weight excluding hydrogens is 216 g/mol. The molecule has 1 aliphatic carbocycles. The Morgan fingerprint density at radius 3 is 2.76 bits per heavy atom. The minimum absolute atomic E-state index is 0.118. The zero-order valence-electron chi connectivity index (χ0n) is 10.5. The molecule has 1 rings (SSSR count). The number of terminal acetylenes is 1. The second-order valence-corrected chi connectivity index (χ2v) is 4.99. The first-order chi connectivity index (χ1) is 8.06. The monoisotopic (exact) mass is 238 g/mol. The Kier molecular flexibility index (Phi) is 5.46. The molecule has 96 valence electrons. The molecule has 1 saturated carbocycles. The van der Waals surface area contributed by atoms with Gasteiger partial charge in [0.25, 0.3) is 0 Å². The third-order valence-corrected chi connectivity index (χ3v) is 3.33. The van der Waals surface area contributed by atoms with E-state index in [0.717, 1.165) is 25.7 Å². The Hall–Kier alpha value is -1.05. The fourth-order valence-electron chi connectivity index (χ4n) is 2.05. The molecule has 17 heavy (non-hydrogen) atoms. The summed E-state index contributed by atoms with van der Waals surface area (Å²) >= 11 is 0. The number of amides is 1. The number of carbonyl (C=O) groups excluding carboxylic acids is 1. The van der Waals surface area contributed by atoms with Crippen LogP contribution >= 0.6 is 0 Å². The van der Waals surface area contributed by atoms with Crippen LogP contribution in [-0.2, 0) is 4.79 Å². The van der Waals surface area contributed by atoms with E-state index in [2.05, 4.69) is 23.5 Å². The fraction of sp³-hybridized carbons (Fsp3) is 0.769. The van der Waals surface area contributed by atoms with Crippen molar-refractivity contribution in [2.75, 3.05) is 19.6 Å². The average molecular weight is 238 g/mol. The van der Waals surface area contributed by atoms with Crippen molar-refractivity contribution in [3.8, 4) is 12.3 Å². The van der Waals surface area contributed by atoms with Gasteiger partial charge in [-0.1, -0.05) is 12.8 Å². The largest absolute Gasteiger partial charge is 0.388 e. The van der Waals surface area contributed by atoms with E-state index in [1.807, 2.05) is 0 Å². The van der Waals surface area contributed by atoms with Crippen molar-refractivity contribution in [1.29, 1.82) is 0 Å². The minimum Gasteiger partial charge on any atom is -0.388 e. The number of carbonyl (C=O) groups is 1. The van der Waals surface area contributed by atoms with Gasteiger partial charge in [0.2, 0.25) is 5.91 Å². The highest BCUT2D eigenvalue weighted by Crippen LogP contribution is 2.31. The van der Waals surface area contributed by atoms with Crippen LogP contribution in [0, 0.1) is 18.3 Å². The van der Waals surface area contributed by atoms with Crippen LogP contribution in [0.3, 0.4) is 0 Å². The summed E-state index contributed by atoms with van der Waals surface area (Å²) < 4.78 is 0. The van der Waals surface area contributed by atoms with Crippen LogP contribution in [0.5, 0.6) is 0 Å². The molecule has 0 aromatic rings. The maximum Gasteiger partial charge on any atom is 0.234 e. The minimum atomic E-state index is -0.714. The smallest absolute Gasteiger partial charge is 0.234 e. The second-order valence-electron chi connectivity index (χ2n) is 4.99. The van der Waals surface area contributed by atoms with Crippen molar-refractivity contribution in [2.45, 2.75) is 38.2 Å². The number of aliphatic hydroxyl groups is 1. The Bertz CT molecular complexity index is 288. The van der Waals surface area contributed by atoms with E-state index in [4.69, 9.17) is 6.42 Å². The second kappa shape index (κ2) is 6.63. The SMILES string of the molecule is C#CCNCC(=O)NCC1(O)CCC(C)CC1. The third kappa shape index (κ3) is 5.20. The Morgan fingerprint density at radius 1 is 1.53 bits per heavy atom. The molecule has 4 heteroatoms. The van der Waals surface area contributed by atoms with Crippen molar-refractivity contribution in [3.05, 3.63) is 0 Å². The summed E-state index contributed by atoms with van der Waals surface area (Å²) in [7, 11) is 0. The van der Waals surface area contributed by atoms with Gasteiger partial charge in [-0.3, -0.25) is 10.1 Å². The van der Waals surface area contributed by atoms with E-state index in [-0.39, 0.29) is 12.5 Å². The van der Waals surface area contributed by atoms with Gasteiger partial charge in [-0.2, -0.15) is 0 Å². The van der Waals surface area contributed by atoms with Crippen molar-refractivity contribution in [3.63, 3.8) is 0 Å². The molecule has 1 amide bonds. The van der Waals surface area contributed by atoms with Gasteiger partial charge in [-0.15, -0.1) is 6.42 Å². The van der Waals surface area contributed by atoms with E-state index in [0.29, 0.717) is 19.0 Å². The van der Waals surface area contributed by atoms with Crippen LogP contribution in [0.1, 0.15) is 32.6 Å². The molecule has 0 atom stereocenters. The Balaban J connectivity index is 2.21. The maximum absolute atomic E-state index is 11.4. The first-order valence-electron chi connectivity index (χ1n) is 6.19. The maximum atomic E-state index is 11.4. The Morgan fingerprint density at radius 2 is 2.18 bits per heavy atom. The summed E-state index contributed by atoms with van der Waals surface area (Å²) in [6, 6.07) is 0. The molecule has 0 radical (unpaired) electrons. The highest BCUT2D eigenvalue weighted by atomic mass is 16.3. The van der Waals surface area contributed by atoms with Crippen LogP contribution in [0.25, 0.3) is 0 Å². The summed E-state index contributed by atoms with van der Waals surface area (Å²) in [6.07, 6.45) is 8.65. The molecular formula is C13H22N2O2. The van der Waals surface area contributed by atoms with Gasteiger partial charge in [-0.05, 0) is 31.6 Å². The first kappa shape index (κ1) is 14.0. The van der Waals surface area contributed by atoms with Crippen LogP contribution < -0.4 is 10.6 Å². The van der Waals surface area contributed by atoms with Crippen LogP contribution in [0.4, 0.5) is 0 Å². The lowest BCUT2D eigenvalue weighted by Crippen LogP contribution is -2.47. The molecule has 0 bridgehead atoms. The van der Waals surface area contributed by atoms with E-state index < -0.39 is 5.60 Å². The molecule has 0 heterocycles. The van der Waals surface area contributed by atoms with Gasteiger partial charge in [0.1, 0.15) is 0 Å². The van der Waals surface area contributed by atoms with Gasteiger partial charge in [0.15, 0.2) is 0 Å². The molecule has 1 fully saturated rings. The summed E-state index contributed by atoms with van der Waals surface area (Å²) in [6.45, 7) is 3.13. The highest BCUT2D eigenvalue weighted by Gasteiger charge is 2.31. The molecule has 0 aromatic carbocycles. The lowest BCUT2D eigenvalue weighted by Gasteiger charge is -2.34. The van der Waals surface area contributed by atoms with Gasteiger partial charge in [0.05, 0.1) is 18.7 Å². The predicted octanol–water partition coefficient (Wildman–Crippen LogP) is 0.267. The van der Waals surface area contributed by atoms with E-state index in [1.54, 1.807) is 0 Å². The van der Waals surface area contributed by atoms with Crippen LogP contribution in [0.15, 0.2) is 0 Å². The number of hydrogen-bond acceptors (Lipinski definition) is 3. The summed E-state index contributed by atoms with van der Waals surface area (Å²) in [5, 5.41) is 15.8. The topological polar surface area (TPSA) is 61.4 Å². The van der Waals surface area contributed by atoms with Crippen molar-refractivity contribution in [2.24, 2.45) is 5.92 Å². The zero-order chi connectivity index (χ0) is 12.7. The lowest BCUT2D eigenvalue weighted by atomic mass is 9.79. The van der Waals surface area contributed by atoms with Gasteiger partial charge < -0.3 is 10.4 Å². The molecule has 0 saturated heterocycles. The number of rotatable bonds is 5. The molecule has 0 aromatic heterocycles. The summed E-state index contributed by atoms with van der Waals surface area (Å²) in [5.41, 5.74) is -0.714. The van der Waals surface area contributed by atoms with E-state index >= 15 is 0 Å². The Labute approximate surface area is 103 Å². The van der Waals surface area contributed by atoms with Gasteiger partial charge in [-0.25, -0.2) is 0 Å². The molecule has 4 nitrogen and oxygen atoms in total. The van der Waals surface area contributed by atoms with Gasteiger partial charge >= 0.3 is 0 Å². The standard InChI is InChI=1S/C13H22N2O2/c1-3-8-14-9-12(16)15-10-13(17)6-4-11(2)5-7-13/h1,11,14,17H,4-10H2,2H3,(H,15,16). The van der Waals surface area contributed by atoms with Gasteiger partial charge in [0, 0.05) is 6.54 Å². The average Bonchev–Trinajstić information content (AvgIpc) is 2.32. The van der Waals surface area contributed by atoms with Crippen molar-refractivity contribution < 1.29 is 9.90 Å². The molecule has 3 N–H and O–H groups in total. The molecule has 0 aliphatic heterocycles. The lowest BCUT2D eigenvalue weighted by molar-refractivity contribution is -0.122. The van der Waals surface area contributed by atoms with Crippen LogP contribution in [-0.4, -0.2) is 36.2 Å². The summed E-state index contributed by atoms with van der Waals surface area (Å²) in [4.78, 5) is 11.4. The van der Waals surface area contributed by atoms with E-state index in [1.165, 1.54) is 0 Å².